The highest BCUT2D eigenvalue weighted by Crippen LogP contribution is 2.49. The fourth-order valence-corrected chi connectivity index (χ4v) is 5.30. The van der Waals surface area contributed by atoms with Crippen LogP contribution in [0.3, 0.4) is 0 Å². The molecule has 1 fully saturated rings. The van der Waals surface area contributed by atoms with Gasteiger partial charge in [-0.3, -0.25) is 9.69 Å². The highest BCUT2D eigenvalue weighted by molar-refractivity contribution is 5.99. The van der Waals surface area contributed by atoms with E-state index in [1.165, 1.54) is 6.07 Å². The lowest BCUT2D eigenvalue weighted by molar-refractivity contribution is -0.134. The molecule has 0 unspecified atom stereocenters. The van der Waals surface area contributed by atoms with Crippen LogP contribution in [-0.2, 0) is 10.3 Å². The van der Waals surface area contributed by atoms with Crippen molar-refractivity contribution in [1.29, 1.82) is 0 Å². The summed E-state index contributed by atoms with van der Waals surface area (Å²) in [5, 5.41) is 22.2. The molecule has 0 radical (unpaired) electrons. The molecule has 8 nitrogen and oxygen atoms in total. The average molecular weight is 527 g/mol. The molecule has 3 aromatic rings. The van der Waals surface area contributed by atoms with Crippen molar-refractivity contribution in [3.63, 3.8) is 0 Å². The van der Waals surface area contributed by atoms with E-state index in [1.54, 1.807) is 61.5 Å². The van der Waals surface area contributed by atoms with Gasteiger partial charge in [0.2, 0.25) is 5.88 Å². The minimum Gasteiger partial charge on any atom is -0.466 e. The van der Waals surface area contributed by atoms with Crippen molar-refractivity contribution in [1.82, 2.24) is 10.3 Å². The molecule has 38 heavy (non-hydrogen) atoms. The van der Waals surface area contributed by atoms with Crippen molar-refractivity contribution in [3.8, 4) is 28.3 Å². The summed E-state index contributed by atoms with van der Waals surface area (Å²) < 4.78 is 45.2. The smallest absolute Gasteiger partial charge is 0.406 e. The molecular weight excluding hydrogens is 503 g/mol. The molecule has 0 atom stereocenters. The van der Waals surface area contributed by atoms with Crippen LogP contribution in [0.4, 0.5) is 23.7 Å². The molecule has 198 valence electrons. The minimum atomic E-state index is -4.61. The maximum absolute atomic E-state index is 13.3. The first-order valence-corrected chi connectivity index (χ1v) is 11.8. The number of anilines is 1. The summed E-state index contributed by atoms with van der Waals surface area (Å²) in [4.78, 5) is 28.9. The van der Waals surface area contributed by atoms with E-state index in [4.69, 9.17) is 4.74 Å². The molecule has 5 rings (SSSR count). The molecule has 2 aliphatic rings. The van der Waals surface area contributed by atoms with Gasteiger partial charge < -0.3 is 20.3 Å². The number of fused-ring (bicyclic) bond motifs is 1. The lowest BCUT2D eigenvalue weighted by Crippen LogP contribution is -2.61. The van der Waals surface area contributed by atoms with Gasteiger partial charge in [-0.15, -0.1) is 0 Å². The number of aliphatic hydroxyl groups is 1. The molecule has 0 bridgehead atoms. The number of benzene rings is 2. The molecule has 0 saturated heterocycles. The Morgan fingerprint density at radius 3 is 2.34 bits per heavy atom. The number of carbonyl (C=O) groups is 2. The predicted molar refractivity (Wildman–Crippen MR) is 132 cm³/mol. The Bertz CT molecular complexity index is 1380. The summed E-state index contributed by atoms with van der Waals surface area (Å²) in [6, 6.07) is 17.3. The number of rotatable bonds is 5. The zero-order chi connectivity index (χ0) is 27.3. The zero-order valence-electron chi connectivity index (χ0n) is 20.2. The van der Waals surface area contributed by atoms with Crippen LogP contribution in [0, 0.1) is 0 Å². The highest BCUT2D eigenvalue weighted by Gasteiger charge is 2.53. The van der Waals surface area contributed by atoms with Gasteiger partial charge in [0.15, 0.2) is 6.61 Å². The van der Waals surface area contributed by atoms with Crippen LogP contribution in [-0.4, -0.2) is 52.1 Å². The maximum Gasteiger partial charge on any atom is 0.406 e. The van der Waals surface area contributed by atoms with Crippen molar-refractivity contribution in [2.75, 3.05) is 18.1 Å². The van der Waals surface area contributed by atoms with Gasteiger partial charge in [0, 0.05) is 24.0 Å². The van der Waals surface area contributed by atoms with E-state index >= 15 is 0 Å². The number of halogens is 3. The van der Waals surface area contributed by atoms with Gasteiger partial charge in [-0.25, -0.2) is 9.78 Å². The molecule has 1 aliphatic heterocycles. The number of ether oxygens (including phenoxy) is 1. The summed E-state index contributed by atoms with van der Waals surface area (Å²) in [5.74, 6) is -0.910. The molecule has 1 aliphatic carbocycles. The van der Waals surface area contributed by atoms with Gasteiger partial charge in [-0.05, 0) is 24.1 Å². The van der Waals surface area contributed by atoms with E-state index in [9.17, 15) is 33.0 Å². The number of aromatic nitrogens is 1. The molecule has 2 heterocycles. The van der Waals surface area contributed by atoms with Crippen LogP contribution < -0.4 is 15.0 Å². The maximum atomic E-state index is 13.3. The molecule has 2 amide bonds. The molecular formula is C27H24F3N3O5. The quantitative estimate of drug-likeness (QED) is 0.443. The minimum absolute atomic E-state index is 0.0703. The summed E-state index contributed by atoms with van der Waals surface area (Å²) in [5.41, 5.74) is 0.836. The normalized spacial score (nSPS) is 22.8. The van der Waals surface area contributed by atoms with Crippen LogP contribution in [0.2, 0.25) is 0 Å². The van der Waals surface area contributed by atoms with Gasteiger partial charge in [0.25, 0.3) is 5.91 Å². The van der Waals surface area contributed by atoms with E-state index in [0.29, 0.717) is 32.8 Å². The van der Waals surface area contributed by atoms with E-state index in [1.807, 2.05) is 0 Å². The number of amides is 2. The summed E-state index contributed by atoms with van der Waals surface area (Å²) in [7, 11) is 0. The van der Waals surface area contributed by atoms with E-state index in [0.717, 1.165) is 0 Å². The standard InChI is InChI=1S/C27H24F3N3O5/c1-25(37)13-26(14-25,32-24(35)36)18-9-7-17(8-10-18)22-19(16-5-3-2-4-6-16)11-20-23(31-22)38-12-21(34)33(20)15-27(28,29)30/h2-11,32,37H,12-15H2,1H3,(H,35,36)/t25-,26+. The summed E-state index contributed by atoms with van der Waals surface area (Å²) in [6.45, 7) is -0.393. The first-order chi connectivity index (χ1) is 17.9. The number of nitrogens with zero attached hydrogens (tertiary/aromatic N) is 2. The molecule has 3 N–H and O–H groups in total. The Hall–Kier alpha value is -4.12. The number of carbonyl (C=O) groups excluding carboxylic acids is 1. The second-order valence-electron chi connectivity index (χ2n) is 9.90. The van der Waals surface area contributed by atoms with E-state index in [-0.39, 0.29) is 24.4 Å². The number of carboxylic acid groups (broad SMARTS) is 1. The van der Waals surface area contributed by atoms with Crippen molar-refractivity contribution in [2.24, 2.45) is 0 Å². The van der Waals surface area contributed by atoms with Crippen molar-refractivity contribution < 1.29 is 37.7 Å². The van der Waals surface area contributed by atoms with Crippen LogP contribution in [0.5, 0.6) is 5.88 Å². The second-order valence-corrected chi connectivity index (χ2v) is 9.90. The third-order valence-corrected chi connectivity index (χ3v) is 6.74. The van der Waals surface area contributed by atoms with Gasteiger partial charge in [0.05, 0.1) is 16.8 Å². The largest absolute Gasteiger partial charge is 0.466 e. The second kappa shape index (κ2) is 9.02. The fraction of sp³-hybridized carbons (Fsp3) is 0.296. The van der Waals surface area contributed by atoms with E-state index in [2.05, 4.69) is 10.3 Å². The van der Waals surface area contributed by atoms with Gasteiger partial charge in [-0.2, -0.15) is 13.2 Å². The predicted octanol–water partition coefficient (Wildman–Crippen LogP) is 4.71. The summed E-state index contributed by atoms with van der Waals surface area (Å²) >= 11 is 0. The first-order valence-electron chi connectivity index (χ1n) is 11.8. The van der Waals surface area contributed by atoms with E-state index < -0.39 is 42.5 Å². The number of pyridine rings is 1. The van der Waals surface area contributed by atoms with Gasteiger partial charge in [0.1, 0.15) is 12.2 Å². The number of hydrogen-bond donors (Lipinski definition) is 3. The number of alkyl halides is 3. The molecule has 0 spiro atoms. The zero-order valence-corrected chi connectivity index (χ0v) is 20.2. The van der Waals surface area contributed by atoms with Crippen molar-refractivity contribution >= 4 is 17.7 Å². The third-order valence-electron chi connectivity index (χ3n) is 6.74. The molecule has 1 aromatic heterocycles. The lowest BCUT2D eigenvalue weighted by Gasteiger charge is -2.51. The monoisotopic (exact) mass is 527 g/mol. The molecule has 11 heteroatoms. The topological polar surface area (TPSA) is 112 Å². The van der Waals surface area contributed by atoms with Gasteiger partial charge >= 0.3 is 12.3 Å². The third kappa shape index (κ3) is 4.89. The Kier molecular flexibility index (Phi) is 6.06. The number of nitrogens with one attached hydrogen (secondary N) is 1. The molecule has 1 saturated carbocycles. The Morgan fingerprint density at radius 1 is 1.11 bits per heavy atom. The molecule has 2 aromatic carbocycles. The lowest BCUT2D eigenvalue weighted by atomic mass is 9.62. The van der Waals surface area contributed by atoms with Crippen molar-refractivity contribution in [2.45, 2.75) is 37.1 Å². The SMILES string of the molecule is C[C@]1(O)C[C@](NC(=O)O)(c2ccc(-c3nc4c(cc3-c3ccccc3)N(CC(F)(F)F)C(=O)CO4)cc2)C1. The van der Waals surface area contributed by atoms with Crippen LogP contribution >= 0.6 is 0 Å². The Balaban J connectivity index is 1.59. The highest BCUT2D eigenvalue weighted by atomic mass is 19.4. The number of hydrogen-bond acceptors (Lipinski definition) is 5. The van der Waals surface area contributed by atoms with Gasteiger partial charge in [-0.1, -0.05) is 54.6 Å². The average Bonchev–Trinajstić information content (AvgIpc) is 2.83. The Labute approximate surface area is 215 Å². The Morgan fingerprint density at radius 2 is 1.76 bits per heavy atom. The van der Waals surface area contributed by atoms with Crippen LogP contribution in [0.1, 0.15) is 25.3 Å². The summed E-state index contributed by atoms with van der Waals surface area (Å²) in [6.07, 6.45) is -5.41. The van der Waals surface area contributed by atoms with Crippen LogP contribution in [0.25, 0.3) is 22.4 Å². The first kappa shape index (κ1) is 25.5. The van der Waals surface area contributed by atoms with Crippen LogP contribution in [0.15, 0.2) is 60.7 Å². The fourth-order valence-electron chi connectivity index (χ4n) is 5.30. The van der Waals surface area contributed by atoms with Crippen molar-refractivity contribution in [3.05, 3.63) is 66.2 Å².